The van der Waals surface area contributed by atoms with Gasteiger partial charge in [-0.1, -0.05) is 0 Å². The fourth-order valence-electron chi connectivity index (χ4n) is 2.95. The summed E-state index contributed by atoms with van der Waals surface area (Å²) in [5, 5.41) is 6.05. The molecule has 1 aliphatic rings. The third kappa shape index (κ3) is 6.53. The summed E-state index contributed by atoms with van der Waals surface area (Å²) >= 11 is 0. The second kappa shape index (κ2) is 9.70. The maximum absolute atomic E-state index is 13.2. The van der Waals surface area contributed by atoms with Crippen molar-refractivity contribution in [2.45, 2.75) is 37.7 Å². The molecule has 0 aliphatic carbocycles. The summed E-state index contributed by atoms with van der Waals surface area (Å²) in [6.07, 6.45) is 0.678. The maximum atomic E-state index is 13.2. The first-order chi connectivity index (χ1) is 13.5. The fourth-order valence-corrected chi connectivity index (χ4v) is 3.94. The van der Waals surface area contributed by atoms with Crippen molar-refractivity contribution in [2.24, 2.45) is 4.99 Å². The lowest BCUT2D eigenvalue weighted by Gasteiger charge is -2.32. The van der Waals surface area contributed by atoms with E-state index in [1.165, 1.54) is 12.1 Å². The van der Waals surface area contributed by atoms with Crippen LogP contribution in [0.15, 0.2) is 23.2 Å². The molecule has 1 aromatic carbocycles. The van der Waals surface area contributed by atoms with Gasteiger partial charge in [0.25, 0.3) is 0 Å². The predicted molar refractivity (Wildman–Crippen MR) is 98.7 cm³/mol. The Hall–Kier alpha value is -1.95. The normalized spacial score (nSPS) is 17.4. The van der Waals surface area contributed by atoms with Crippen LogP contribution in [0.25, 0.3) is 0 Å². The van der Waals surface area contributed by atoms with Crippen molar-refractivity contribution in [3.8, 4) is 0 Å². The Kier molecular flexibility index (Phi) is 7.80. The second-order valence-corrected chi connectivity index (χ2v) is 8.49. The zero-order valence-electron chi connectivity index (χ0n) is 15.8. The van der Waals surface area contributed by atoms with Crippen LogP contribution in [0.4, 0.5) is 22.0 Å². The molecule has 0 saturated carbocycles. The molecule has 12 heteroatoms. The van der Waals surface area contributed by atoms with Gasteiger partial charge in [-0.15, -0.1) is 0 Å². The predicted octanol–water partition coefficient (Wildman–Crippen LogP) is 2.38. The summed E-state index contributed by atoms with van der Waals surface area (Å²) in [5.74, 6) is -0.939. The highest BCUT2D eigenvalue weighted by Gasteiger charge is 2.50. The Morgan fingerprint density at radius 3 is 2.28 bits per heavy atom. The number of benzene rings is 1. The molecule has 0 spiro atoms. The molecule has 0 atom stereocenters. The van der Waals surface area contributed by atoms with Crippen molar-refractivity contribution in [2.75, 3.05) is 26.2 Å². The average molecular weight is 442 g/mol. The van der Waals surface area contributed by atoms with Crippen molar-refractivity contribution in [3.05, 3.63) is 35.4 Å². The van der Waals surface area contributed by atoms with Gasteiger partial charge in [0.05, 0.1) is 0 Å². The molecule has 0 amide bonds. The molecule has 0 unspecified atom stereocenters. The van der Waals surface area contributed by atoms with Crippen molar-refractivity contribution < 1.29 is 30.4 Å². The van der Waals surface area contributed by atoms with Gasteiger partial charge >= 0.3 is 15.5 Å². The third-order valence-corrected chi connectivity index (χ3v) is 5.99. The zero-order chi connectivity index (χ0) is 21.7. The van der Waals surface area contributed by atoms with Crippen LogP contribution >= 0.6 is 0 Å². The average Bonchev–Trinajstić information content (AvgIpc) is 2.60. The highest BCUT2D eigenvalue weighted by molar-refractivity contribution is 7.90. The molecule has 29 heavy (non-hydrogen) atoms. The van der Waals surface area contributed by atoms with Gasteiger partial charge in [0.2, 0.25) is 0 Å². The van der Waals surface area contributed by atoms with E-state index in [1.807, 2.05) is 6.92 Å². The van der Waals surface area contributed by atoms with Gasteiger partial charge in [-0.25, -0.2) is 17.2 Å². The van der Waals surface area contributed by atoms with Crippen molar-refractivity contribution >= 4 is 16.0 Å². The third-order valence-electron chi connectivity index (χ3n) is 4.36. The highest BCUT2D eigenvalue weighted by atomic mass is 32.2. The molecule has 1 aromatic rings. The summed E-state index contributed by atoms with van der Waals surface area (Å²) in [4.78, 5) is 4.31. The van der Waals surface area contributed by atoms with Crippen LogP contribution in [0.3, 0.4) is 0 Å². The number of piperidine rings is 1. The van der Waals surface area contributed by atoms with Crippen LogP contribution in [0.2, 0.25) is 0 Å². The van der Waals surface area contributed by atoms with Crippen LogP contribution in [-0.4, -0.2) is 56.4 Å². The summed E-state index contributed by atoms with van der Waals surface area (Å²) in [6, 6.07) is 2.97. The number of sulfonamides is 1. The van der Waals surface area contributed by atoms with Crippen molar-refractivity contribution in [1.82, 2.24) is 14.9 Å². The van der Waals surface area contributed by atoms with Gasteiger partial charge in [-0.05, 0) is 43.9 Å². The Labute approximate surface area is 166 Å². The van der Waals surface area contributed by atoms with Gasteiger partial charge in [0.1, 0.15) is 11.6 Å². The van der Waals surface area contributed by atoms with Crippen LogP contribution < -0.4 is 10.6 Å². The van der Waals surface area contributed by atoms with Crippen LogP contribution in [-0.2, 0) is 16.4 Å². The Morgan fingerprint density at radius 2 is 1.76 bits per heavy atom. The fraction of sp³-hybridized carbons (Fsp3) is 0.588. The van der Waals surface area contributed by atoms with Crippen molar-refractivity contribution in [1.29, 1.82) is 0 Å². The molecule has 0 bridgehead atoms. The van der Waals surface area contributed by atoms with E-state index in [-0.39, 0.29) is 38.5 Å². The molecule has 0 radical (unpaired) electrons. The molecule has 0 aromatic heterocycles. The molecule has 1 heterocycles. The molecule has 1 fully saturated rings. The van der Waals surface area contributed by atoms with E-state index in [0.29, 0.717) is 28.8 Å². The Balaban J connectivity index is 1.91. The number of halogens is 5. The van der Waals surface area contributed by atoms with E-state index in [1.54, 1.807) is 0 Å². The summed E-state index contributed by atoms with van der Waals surface area (Å²) < 4.78 is 87.7. The minimum Gasteiger partial charge on any atom is -0.357 e. The standard InChI is InChI=1S/C17H23F5N4O2S/c1-2-23-16(24-6-3-12-9-13(18)11-14(19)10-12)25-15-4-7-26(8-5-15)29(27,28)17(20,21)22/h9-11,15H,2-8H2,1H3,(H2,23,24,25). The lowest BCUT2D eigenvalue weighted by Crippen LogP contribution is -2.51. The van der Waals surface area contributed by atoms with E-state index >= 15 is 0 Å². The first-order valence-electron chi connectivity index (χ1n) is 9.09. The Bertz CT molecular complexity index is 801. The highest BCUT2D eigenvalue weighted by Crippen LogP contribution is 2.28. The van der Waals surface area contributed by atoms with Crippen LogP contribution in [0, 0.1) is 11.6 Å². The molecule has 1 aliphatic heterocycles. The zero-order valence-corrected chi connectivity index (χ0v) is 16.6. The molecular formula is C17H23F5N4O2S. The number of rotatable bonds is 6. The summed E-state index contributed by atoms with van der Waals surface area (Å²) in [7, 11) is -5.32. The van der Waals surface area contributed by atoms with E-state index in [0.717, 1.165) is 6.07 Å². The van der Waals surface area contributed by atoms with Gasteiger partial charge in [0, 0.05) is 38.3 Å². The second-order valence-electron chi connectivity index (χ2n) is 6.56. The number of hydrogen-bond donors (Lipinski definition) is 2. The van der Waals surface area contributed by atoms with E-state index < -0.39 is 27.2 Å². The van der Waals surface area contributed by atoms with Gasteiger partial charge in [0.15, 0.2) is 5.96 Å². The molecule has 1 saturated heterocycles. The van der Waals surface area contributed by atoms with Gasteiger partial charge in [-0.2, -0.15) is 17.5 Å². The van der Waals surface area contributed by atoms with Gasteiger partial charge < -0.3 is 10.6 Å². The van der Waals surface area contributed by atoms with E-state index in [4.69, 9.17) is 0 Å². The summed E-state index contributed by atoms with van der Waals surface area (Å²) in [6.45, 7) is 2.10. The molecule has 6 nitrogen and oxygen atoms in total. The lowest BCUT2D eigenvalue weighted by molar-refractivity contribution is -0.0494. The molecule has 2 N–H and O–H groups in total. The molecular weight excluding hydrogens is 419 g/mol. The summed E-state index contributed by atoms with van der Waals surface area (Å²) in [5.41, 5.74) is -4.85. The molecule has 164 valence electrons. The number of nitrogens with zero attached hydrogens (tertiary/aromatic N) is 2. The number of guanidine groups is 1. The van der Waals surface area contributed by atoms with Crippen molar-refractivity contribution in [3.63, 3.8) is 0 Å². The topological polar surface area (TPSA) is 73.8 Å². The number of alkyl halides is 3. The molecule has 2 rings (SSSR count). The first kappa shape index (κ1) is 23.3. The lowest BCUT2D eigenvalue weighted by atomic mass is 10.1. The van der Waals surface area contributed by atoms with E-state index in [9.17, 15) is 30.4 Å². The smallest absolute Gasteiger partial charge is 0.357 e. The Morgan fingerprint density at radius 1 is 1.17 bits per heavy atom. The number of nitrogens with one attached hydrogen (secondary N) is 2. The van der Waals surface area contributed by atoms with Crippen LogP contribution in [0.5, 0.6) is 0 Å². The monoisotopic (exact) mass is 442 g/mol. The minimum absolute atomic E-state index is 0.189. The SMILES string of the molecule is CCNC(=NCCc1cc(F)cc(F)c1)NC1CCN(S(=O)(=O)C(F)(F)F)CC1. The minimum atomic E-state index is -5.32. The van der Waals surface area contributed by atoms with Gasteiger partial charge in [-0.3, -0.25) is 4.99 Å². The first-order valence-corrected chi connectivity index (χ1v) is 10.5. The maximum Gasteiger partial charge on any atom is 0.511 e. The van der Waals surface area contributed by atoms with Crippen LogP contribution in [0.1, 0.15) is 25.3 Å². The number of hydrogen-bond acceptors (Lipinski definition) is 3. The largest absolute Gasteiger partial charge is 0.511 e. The quantitative estimate of drug-likeness (QED) is 0.403. The van der Waals surface area contributed by atoms with E-state index in [2.05, 4.69) is 15.6 Å². The number of aliphatic imine (C=N–C) groups is 1.